The Hall–Kier alpha value is -2.97. The lowest BCUT2D eigenvalue weighted by Crippen LogP contribution is -2.31. The predicted octanol–water partition coefficient (Wildman–Crippen LogP) is 2.52. The normalized spacial score (nSPS) is 11.4. The summed E-state index contributed by atoms with van der Waals surface area (Å²) in [6, 6.07) is 16.7. The summed E-state index contributed by atoms with van der Waals surface area (Å²) in [5.41, 5.74) is 3.78. The number of amides is 1. The van der Waals surface area contributed by atoms with Crippen LogP contribution in [-0.4, -0.2) is 37.2 Å². The molecule has 0 radical (unpaired) electrons. The van der Waals surface area contributed by atoms with Gasteiger partial charge in [0, 0.05) is 32.1 Å². The molecule has 2 N–H and O–H groups in total. The fraction of sp³-hybridized carbons (Fsp3) is 0.273. The van der Waals surface area contributed by atoms with Crippen LogP contribution in [0.2, 0.25) is 0 Å². The molecule has 1 amide bonds. The summed E-state index contributed by atoms with van der Waals surface area (Å²) >= 11 is 0. The summed E-state index contributed by atoms with van der Waals surface area (Å²) in [7, 11) is -3.63. The van der Waals surface area contributed by atoms with Gasteiger partial charge in [-0.1, -0.05) is 24.3 Å². The van der Waals surface area contributed by atoms with E-state index < -0.39 is 10.0 Å². The number of hydrogen-bond acceptors (Lipinski definition) is 4. The quantitative estimate of drug-likeness (QED) is 0.550. The number of para-hydroxylation sites is 1. The standard InChI is InChI=1S/C22H26N4O3S/c1-17-8-9-21(16-18(17)2)30(28,29)24-14-11-22(27)23-13-10-19-12-15-26(25-19)20-6-4-3-5-7-20/h3-9,12,15-16,24H,10-11,13-14H2,1-2H3,(H,23,27). The SMILES string of the molecule is Cc1ccc(S(=O)(=O)NCCC(=O)NCCc2ccn(-c3ccccc3)n2)cc1C. The van der Waals surface area contributed by atoms with Gasteiger partial charge in [-0.15, -0.1) is 0 Å². The van der Waals surface area contributed by atoms with E-state index in [1.807, 2.05) is 56.4 Å². The van der Waals surface area contributed by atoms with E-state index in [4.69, 9.17) is 0 Å². The molecule has 0 aliphatic carbocycles. The largest absolute Gasteiger partial charge is 0.356 e. The van der Waals surface area contributed by atoms with E-state index in [0.29, 0.717) is 13.0 Å². The molecule has 2 aromatic carbocycles. The Morgan fingerprint density at radius 3 is 2.50 bits per heavy atom. The minimum atomic E-state index is -3.63. The number of aromatic nitrogens is 2. The van der Waals surface area contributed by atoms with Gasteiger partial charge in [0.05, 0.1) is 16.3 Å². The summed E-state index contributed by atoms with van der Waals surface area (Å²) in [6.07, 6.45) is 2.55. The molecule has 0 saturated heterocycles. The maximum absolute atomic E-state index is 12.3. The third-order valence-corrected chi connectivity index (χ3v) is 6.26. The molecular formula is C22H26N4O3S. The van der Waals surface area contributed by atoms with Gasteiger partial charge in [-0.2, -0.15) is 5.10 Å². The number of carbonyl (C=O) groups excluding carboxylic acids is 1. The van der Waals surface area contributed by atoms with E-state index in [0.717, 1.165) is 22.5 Å². The lowest BCUT2D eigenvalue weighted by Gasteiger charge is -2.09. The minimum Gasteiger partial charge on any atom is -0.356 e. The highest BCUT2D eigenvalue weighted by atomic mass is 32.2. The molecule has 0 aliphatic heterocycles. The zero-order valence-electron chi connectivity index (χ0n) is 17.1. The fourth-order valence-electron chi connectivity index (χ4n) is 2.90. The first-order chi connectivity index (χ1) is 14.3. The Balaban J connectivity index is 1.41. The van der Waals surface area contributed by atoms with E-state index in [1.165, 1.54) is 0 Å². The van der Waals surface area contributed by atoms with Crippen molar-refractivity contribution in [2.24, 2.45) is 0 Å². The Bertz CT molecular complexity index is 1110. The van der Waals surface area contributed by atoms with Crippen molar-refractivity contribution in [2.45, 2.75) is 31.6 Å². The van der Waals surface area contributed by atoms with Crippen LogP contribution in [0.25, 0.3) is 5.69 Å². The highest BCUT2D eigenvalue weighted by Crippen LogP contribution is 2.14. The van der Waals surface area contributed by atoms with Crippen LogP contribution in [-0.2, 0) is 21.2 Å². The highest BCUT2D eigenvalue weighted by Gasteiger charge is 2.14. The average Bonchev–Trinajstić information content (AvgIpc) is 3.19. The van der Waals surface area contributed by atoms with Gasteiger partial charge in [0.2, 0.25) is 15.9 Å². The summed E-state index contributed by atoms with van der Waals surface area (Å²) < 4.78 is 29.0. The number of benzene rings is 2. The molecule has 8 heteroatoms. The van der Waals surface area contributed by atoms with Gasteiger partial charge in [0.1, 0.15) is 0 Å². The Kier molecular flexibility index (Phi) is 7.02. The molecule has 1 aromatic heterocycles. The first-order valence-corrected chi connectivity index (χ1v) is 11.3. The van der Waals surface area contributed by atoms with E-state index in [1.54, 1.807) is 22.9 Å². The van der Waals surface area contributed by atoms with Crippen LogP contribution in [0.3, 0.4) is 0 Å². The highest BCUT2D eigenvalue weighted by molar-refractivity contribution is 7.89. The van der Waals surface area contributed by atoms with Gasteiger partial charge in [0.15, 0.2) is 0 Å². The molecular weight excluding hydrogens is 400 g/mol. The number of aryl methyl sites for hydroxylation is 2. The third kappa shape index (κ3) is 5.77. The number of sulfonamides is 1. The number of nitrogens with one attached hydrogen (secondary N) is 2. The van der Waals surface area contributed by atoms with Gasteiger partial charge >= 0.3 is 0 Å². The van der Waals surface area contributed by atoms with Crippen molar-refractivity contribution < 1.29 is 13.2 Å². The first kappa shape index (κ1) is 21.7. The number of carbonyl (C=O) groups is 1. The van der Waals surface area contributed by atoms with Crippen LogP contribution >= 0.6 is 0 Å². The second-order valence-corrected chi connectivity index (χ2v) is 8.85. The van der Waals surface area contributed by atoms with Crippen molar-refractivity contribution in [3.8, 4) is 5.69 Å². The summed E-state index contributed by atoms with van der Waals surface area (Å²) in [5.74, 6) is -0.208. The van der Waals surface area contributed by atoms with Crippen LogP contribution in [0, 0.1) is 13.8 Å². The molecule has 0 spiro atoms. The molecule has 3 aromatic rings. The van der Waals surface area contributed by atoms with Gasteiger partial charge in [-0.3, -0.25) is 4.79 Å². The van der Waals surface area contributed by atoms with Crippen LogP contribution in [0.1, 0.15) is 23.2 Å². The zero-order chi connectivity index (χ0) is 21.6. The Labute approximate surface area is 177 Å². The molecule has 0 aliphatic rings. The van der Waals surface area contributed by atoms with E-state index in [-0.39, 0.29) is 23.8 Å². The Morgan fingerprint density at radius 2 is 1.77 bits per heavy atom. The van der Waals surface area contributed by atoms with Crippen molar-refractivity contribution >= 4 is 15.9 Å². The maximum Gasteiger partial charge on any atom is 0.240 e. The molecule has 1 heterocycles. The van der Waals surface area contributed by atoms with E-state index in [2.05, 4.69) is 15.1 Å². The van der Waals surface area contributed by atoms with Crippen molar-refractivity contribution in [1.29, 1.82) is 0 Å². The van der Waals surface area contributed by atoms with Crippen molar-refractivity contribution in [1.82, 2.24) is 19.8 Å². The lowest BCUT2D eigenvalue weighted by atomic mass is 10.1. The lowest BCUT2D eigenvalue weighted by molar-refractivity contribution is -0.120. The van der Waals surface area contributed by atoms with Crippen molar-refractivity contribution in [3.05, 3.63) is 77.6 Å². The van der Waals surface area contributed by atoms with Crippen LogP contribution < -0.4 is 10.0 Å². The van der Waals surface area contributed by atoms with E-state index >= 15 is 0 Å². The maximum atomic E-state index is 12.3. The van der Waals surface area contributed by atoms with Gasteiger partial charge in [-0.05, 0) is 55.3 Å². The van der Waals surface area contributed by atoms with Gasteiger partial charge in [0.25, 0.3) is 0 Å². The molecule has 0 saturated carbocycles. The molecule has 7 nitrogen and oxygen atoms in total. The van der Waals surface area contributed by atoms with Crippen LogP contribution in [0.15, 0.2) is 65.7 Å². The molecule has 0 atom stereocenters. The fourth-order valence-corrected chi connectivity index (χ4v) is 4.02. The number of nitrogens with zero attached hydrogens (tertiary/aromatic N) is 2. The second kappa shape index (κ2) is 9.69. The number of hydrogen-bond donors (Lipinski definition) is 2. The number of rotatable bonds is 9. The Morgan fingerprint density at radius 1 is 1.00 bits per heavy atom. The van der Waals surface area contributed by atoms with Crippen LogP contribution in [0.4, 0.5) is 0 Å². The van der Waals surface area contributed by atoms with Gasteiger partial charge in [-0.25, -0.2) is 17.8 Å². The van der Waals surface area contributed by atoms with Crippen LogP contribution in [0.5, 0.6) is 0 Å². The first-order valence-electron chi connectivity index (χ1n) is 9.79. The third-order valence-electron chi connectivity index (χ3n) is 4.80. The summed E-state index contributed by atoms with van der Waals surface area (Å²) in [6.45, 7) is 4.28. The molecule has 0 fully saturated rings. The second-order valence-electron chi connectivity index (χ2n) is 7.08. The smallest absolute Gasteiger partial charge is 0.240 e. The molecule has 3 rings (SSSR count). The molecule has 158 valence electrons. The predicted molar refractivity (Wildman–Crippen MR) is 116 cm³/mol. The molecule has 30 heavy (non-hydrogen) atoms. The summed E-state index contributed by atoms with van der Waals surface area (Å²) in [4.78, 5) is 12.2. The molecule has 0 unspecified atom stereocenters. The monoisotopic (exact) mass is 426 g/mol. The van der Waals surface area contributed by atoms with E-state index in [9.17, 15) is 13.2 Å². The molecule has 0 bridgehead atoms. The summed E-state index contributed by atoms with van der Waals surface area (Å²) in [5, 5.41) is 7.29. The topological polar surface area (TPSA) is 93.1 Å². The zero-order valence-corrected chi connectivity index (χ0v) is 17.9. The van der Waals surface area contributed by atoms with Crippen molar-refractivity contribution in [3.63, 3.8) is 0 Å². The van der Waals surface area contributed by atoms with Crippen molar-refractivity contribution in [2.75, 3.05) is 13.1 Å². The van der Waals surface area contributed by atoms with Gasteiger partial charge < -0.3 is 5.32 Å². The minimum absolute atomic E-state index is 0.0454. The average molecular weight is 427 g/mol.